The number of methoxy groups -OCH3 is 1. The lowest BCUT2D eigenvalue weighted by Gasteiger charge is -2.49. The van der Waals surface area contributed by atoms with E-state index in [9.17, 15) is 14.4 Å². The predicted octanol–water partition coefficient (Wildman–Crippen LogP) is -0.159. The van der Waals surface area contributed by atoms with Gasteiger partial charge in [0.1, 0.15) is 11.5 Å². The fraction of sp³-hybridized carbons (Fsp3) is 0.800. The molecule has 0 aromatic heterocycles. The van der Waals surface area contributed by atoms with Gasteiger partial charge in [-0.15, -0.1) is 0 Å². The van der Waals surface area contributed by atoms with Crippen LogP contribution in [0.4, 0.5) is 0 Å². The van der Waals surface area contributed by atoms with Gasteiger partial charge in [0, 0.05) is 7.11 Å². The molecule has 3 amide bonds. The predicted molar refractivity (Wildman–Crippen MR) is 89.9 cm³/mol. The number of ether oxygens (including phenoxy) is 1. The summed E-state index contributed by atoms with van der Waals surface area (Å²) in [6.07, 6.45) is 2.29. The Morgan fingerprint density at radius 2 is 1.96 bits per heavy atom. The second kappa shape index (κ2) is 8.54. The van der Waals surface area contributed by atoms with Crippen molar-refractivity contribution < 1.29 is 19.1 Å². The number of hydrogen-bond donors (Lipinski definition) is 2. The van der Waals surface area contributed by atoms with Crippen LogP contribution in [-0.2, 0) is 19.1 Å². The van der Waals surface area contributed by atoms with Crippen LogP contribution in [0, 0.1) is 11.8 Å². The van der Waals surface area contributed by atoms with Crippen LogP contribution < -0.4 is 11.1 Å². The summed E-state index contributed by atoms with van der Waals surface area (Å²) >= 11 is 1.44. The normalized spacial score (nSPS) is 17.5. The third-order valence-electron chi connectivity index (χ3n) is 3.93. The van der Waals surface area contributed by atoms with Crippen molar-refractivity contribution in [2.45, 2.75) is 25.9 Å². The number of nitrogens with one attached hydrogen (secondary N) is 1. The van der Waals surface area contributed by atoms with Crippen molar-refractivity contribution in [2.24, 2.45) is 17.6 Å². The number of nitrogens with two attached hydrogens (primary N) is 1. The number of hydrogen-bond acceptors (Lipinski definition) is 5. The van der Waals surface area contributed by atoms with E-state index in [0.29, 0.717) is 31.8 Å². The third kappa shape index (κ3) is 5.39. The molecule has 132 valence electrons. The molecule has 3 N–H and O–H groups in total. The van der Waals surface area contributed by atoms with Crippen LogP contribution in [0.15, 0.2) is 0 Å². The molecule has 1 aliphatic heterocycles. The van der Waals surface area contributed by atoms with Gasteiger partial charge in [-0.1, -0.05) is 13.8 Å². The molecular formula is C15H27N3O4S. The molecule has 1 saturated heterocycles. The van der Waals surface area contributed by atoms with Crippen LogP contribution in [0.25, 0.3) is 0 Å². The van der Waals surface area contributed by atoms with Gasteiger partial charge >= 0.3 is 0 Å². The highest BCUT2D eigenvalue weighted by molar-refractivity contribution is 7.99. The number of thioether (sulfide) groups is 1. The summed E-state index contributed by atoms with van der Waals surface area (Å²) in [5.74, 6) is -1.11. The van der Waals surface area contributed by atoms with Gasteiger partial charge in [-0.05, 0) is 18.6 Å². The fourth-order valence-electron chi connectivity index (χ4n) is 2.59. The number of likely N-dealkylation sites (tertiary alicyclic amines) is 1. The van der Waals surface area contributed by atoms with E-state index in [-0.39, 0.29) is 17.7 Å². The Labute approximate surface area is 141 Å². The van der Waals surface area contributed by atoms with Crippen LogP contribution in [0.1, 0.15) is 20.3 Å². The molecule has 1 atom stereocenters. The zero-order valence-electron chi connectivity index (χ0n) is 14.3. The molecule has 7 nitrogen and oxygen atoms in total. The van der Waals surface area contributed by atoms with Crippen molar-refractivity contribution in [3.63, 3.8) is 0 Å². The molecule has 0 saturated carbocycles. The minimum atomic E-state index is -0.795. The maximum absolute atomic E-state index is 12.4. The zero-order valence-corrected chi connectivity index (χ0v) is 15.1. The van der Waals surface area contributed by atoms with Crippen LogP contribution in [-0.4, -0.2) is 67.0 Å². The SMILES string of the molecule is COC1(CNC(=O)CSC)CN(C(=O)C(CC(C)C)C(N)=O)C1. The van der Waals surface area contributed by atoms with Crippen molar-refractivity contribution in [3.8, 4) is 0 Å². The Morgan fingerprint density at radius 1 is 1.35 bits per heavy atom. The number of primary amides is 1. The molecule has 1 fully saturated rings. The van der Waals surface area contributed by atoms with E-state index in [1.54, 1.807) is 12.0 Å². The smallest absolute Gasteiger partial charge is 0.235 e. The van der Waals surface area contributed by atoms with Crippen molar-refractivity contribution in [1.29, 1.82) is 0 Å². The number of amides is 3. The van der Waals surface area contributed by atoms with Crippen molar-refractivity contribution in [2.75, 3.05) is 38.8 Å². The summed E-state index contributed by atoms with van der Waals surface area (Å²) < 4.78 is 5.47. The molecule has 0 aromatic carbocycles. The van der Waals surface area contributed by atoms with E-state index in [0.717, 1.165) is 0 Å². The summed E-state index contributed by atoms with van der Waals surface area (Å²) in [6.45, 7) is 4.94. The Kier molecular flexibility index (Phi) is 7.34. The molecule has 1 heterocycles. The lowest BCUT2D eigenvalue weighted by atomic mass is 9.89. The highest BCUT2D eigenvalue weighted by Crippen LogP contribution is 2.27. The largest absolute Gasteiger partial charge is 0.373 e. The average Bonchev–Trinajstić information content (AvgIpc) is 2.43. The zero-order chi connectivity index (χ0) is 17.6. The summed E-state index contributed by atoms with van der Waals surface area (Å²) in [4.78, 5) is 37.1. The second-order valence-electron chi connectivity index (χ2n) is 6.38. The quantitative estimate of drug-likeness (QED) is 0.566. The molecule has 0 spiro atoms. The standard InChI is InChI=1S/C15H27N3O4S/c1-10(2)5-11(13(16)20)14(21)18-8-15(9-18,22-3)7-17-12(19)6-23-4/h10-11H,5-9H2,1-4H3,(H2,16,20)(H,17,19). The van der Waals surface area contributed by atoms with E-state index in [1.807, 2.05) is 20.1 Å². The maximum Gasteiger partial charge on any atom is 0.235 e. The topological polar surface area (TPSA) is 102 Å². The third-order valence-corrected chi connectivity index (χ3v) is 4.49. The van der Waals surface area contributed by atoms with Gasteiger partial charge in [0.05, 0.1) is 25.4 Å². The van der Waals surface area contributed by atoms with E-state index in [1.165, 1.54) is 11.8 Å². The fourth-order valence-corrected chi connectivity index (χ4v) is 2.95. The van der Waals surface area contributed by atoms with Gasteiger partial charge < -0.3 is 20.7 Å². The summed E-state index contributed by atoms with van der Waals surface area (Å²) in [5, 5.41) is 2.81. The highest BCUT2D eigenvalue weighted by Gasteiger charge is 2.47. The molecule has 1 rings (SSSR count). The first-order chi connectivity index (χ1) is 10.7. The van der Waals surface area contributed by atoms with Gasteiger partial charge in [-0.3, -0.25) is 14.4 Å². The first-order valence-corrected chi connectivity index (χ1v) is 9.03. The Bertz CT molecular complexity index is 450. The number of carbonyl (C=O) groups is 3. The van der Waals surface area contributed by atoms with E-state index in [4.69, 9.17) is 10.5 Å². The van der Waals surface area contributed by atoms with Gasteiger partial charge in [-0.25, -0.2) is 0 Å². The molecule has 0 radical (unpaired) electrons. The lowest BCUT2D eigenvalue weighted by Crippen LogP contribution is -2.69. The highest BCUT2D eigenvalue weighted by atomic mass is 32.2. The van der Waals surface area contributed by atoms with Gasteiger partial charge in [0.2, 0.25) is 17.7 Å². The first kappa shape index (κ1) is 19.8. The Balaban J connectivity index is 2.58. The molecule has 0 aromatic rings. The summed E-state index contributed by atoms with van der Waals surface area (Å²) in [6, 6.07) is 0. The monoisotopic (exact) mass is 345 g/mol. The molecule has 0 bridgehead atoms. The van der Waals surface area contributed by atoms with Crippen LogP contribution in [0.5, 0.6) is 0 Å². The van der Waals surface area contributed by atoms with Crippen LogP contribution in [0.2, 0.25) is 0 Å². The Hall–Kier alpha value is -1.28. The van der Waals surface area contributed by atoms with Gasteiger partial charge in [-0.2, -0.15) is 11.8 Å². The summed E-state index contributed by atoms with van der Waals surface area (Å²) in [7, 11) is 1.56. The molecule has 1 unspecified atom stereocenters. The molecule has 1 aliphatic rings. The van der Waals surface area contributed by atoms with Crippen LogP contribution in [0.3, 0.4) is 0 Å². The maximum atomic E-state index is 12.4. The van der Waals surface area contributed by atoms with Crippen molar-refractivity contribution >= 4 is 29.5 Å². The lowest BCUT2D eigenvalue weighted by molar-refractivity contribution is -0.167. The minimum absolute atomic E-state index is 0.0616. The van der Waals surface area contributed by atoms with Crippen molar-refractivity contribution in [3.05, 3.63) is 0 Å². The molecule has 23 heavy (non-hydrogen) atoms. The van der Waals surface area contributed by atoms with Crippen molar-refractivity contribution in [1.82, 2.24) is 10.2 Å². The second-order valence-corrected chi connectivity index (χ2v) is 7.24. The molecule has 0 aliphatic carbocycles. The van der Waals surface area contributed by atoms with Gasteiger partial charge in [0.25, 0.3) is 0 Å². The van der Waals surface area contributed by atoms with E-state index < -0.39 is 17.4 Å². The molecule has 8 heteroatoms. The van der Waals surface area contributed by atoms with E-state index >= 15 is 0 Å². The average molecular weight is 345 g/mol. The summed E-state index contributed by atoms with van der Waals surface area (Å²) in [5.41, 5.74) is 4.78. The number of rotatable bonds is 9. The minimum Gasteiger partial charge on any atom is -0.373 e. The number of carbonyl (C=O) groups excluding carboxylic acids is 3. The Morgan fingerprint density at radius 3 is 2.39 bits per heavy atom. The van der Waals surface area contributed by atoms with E-state index in [2.05, 4.69) is 5.32 Å². The molecular weight excluding hydrogens is 318 g/mol. The van der Waals surface area contributed by atoms with Gasteiger partial charge in [0.15, 0.2) is 0 Å². The van der Waals surface area contributed by atoms with Crippen LogP contribution >= 0.6 is 11.8 Å². The first-order valence-electron chi connectivity index (χ1n) is 7.63. The number of nitrogens with zero attached hydrogens (tertiary/aromatic N) is 1.